The standard InChI is InChI=1S/C24H21N3O3S2/c1-16-12-13-19(32(29,30)27-21-11-7-6-8-17(21)2)14-20(16)23(28)26-24-25-22(15-31-24)18-9-4-3-5-10-18/h3-15,27H,1-2H3,(H,25,26,28). The fourth-order valence-corrected chi connectivity index (χ4v) is 5.01. The van der Waals surface area contributed by atoms with Gasteiger partial charge in [-0.15, -0.1) is 11.3 Å². The fourth-order valence-electron chi connectivity index (χ4n) is 3.14. The molecule has 0 saturated heterocycles. The number of carbonyl (C=O) groups excluding carboxylic acids is 1. The molecule has 32 heavy (non-hydrogen) atoms. The first kappa shape index (κ1) is 21.7. The van der Waals surface area contributed by atoms with Crippen LogP contribution in [-0.2, 0) is 10.0 Å². The van der Waals surface area contributed by atoms with Crippen molar-refractivity contribution in [3.05, 3.63) is 94.9 Å². The molecule has 0 saturated carbocycles. The van der Waals surface area contributed by atoms with Gasteiger partial charge in [-0.1, -0.05) is 54.6 Å². The van der Waals surface area contributed by atoms with E-state index in [0.717, 1.165) is 16.8 Å². The largest absolute Gasteiger partial charge is 0.298 e. The lowest BCUT2D eigenvalue weighted by molar-refractivity contribution is 0.102. The highest BCUT2D eigenvalue weighted by atomic mass is 32.2. The molecule has 162 valence electrons. The van der Waals surface area contributed by atoms with Crippen LogP contribution in [0.1, 0.15) is 21.5 Å². The van der Waals surface area contributed by atoms with Crippen molar-refractivity contribution in [3.8, 4) is 11.3 Å². The molecule has 3 aromatic carbocycles. The Hall–Kier alpha value is -3.49. The number of aryl methyl sites for hydroxylation is 2. The topological polar surface area (TPSA) is 88.2 Å². The number of amides is 1. The van der Waals surface area contributed by atoms with Gasteiger partial charge in [-0.3, -0.25) is 14.8 Å². The first-order valence-corrected chi connectivity index (χ1v) is 12.2. The Morgan fingerprint density at radius 2 is 1.62 bits per heavy atom. The molecule has 0 spiro atoms. The first-order valence-electron chi connectivity index (χ1n) is 9.85. The van der Waals surface area contributed by atoms with Crippen molar-refractivity contribution >= 4 is 38.1 Å². The number of nitrogens with zero attached hydrogens (tertiary/aromatic N) is 1. The molecule has 0 aliphatic carbocycles. The van der Waals surface area contributed by atoms with Crippen molar-refractivity contribution in [2.75, 3.05) is 10.0 Å². The van der Waals surface area contributed by atoms with Crippen LogP contribution in [0.4, 0.5) is 10.8 Å². The number of sulfonamides is 1. The fraction of sp³-hybridized carbons (Fsp3) is 0.0833. The smallest absolute Gasteiger partial charge is 0.261 e. The molecule has 0 bridgehead atoms. The second-order valence-electron chi connectivity index (χ2n) is 7.26. The zero-order valence-electron chi connectivity index (χ0n) is 17.5. The van der Waals surface area contributed by atoms with E-state index < -0.39 is 15.9 Å². The third kappa shape index (κ3) is 4.71. The van der Waals surface area contributed by atoms with Crippen molar-refractivity contribution in [2.24, 2.45) is 0 Å². The van der Waals surface area contributed by atoms with E-state index in [0.29, 0.717) is 16.4 Å². The van der Waals surface area contributed by atoms with Crippen molar-refractivity contribution in [2.45, 2.75) is 18.7 Å². The maximum atomic E-state index is 12.9. The Balaban J connectivity index is 1.57. The minimum atomic E-state index is -3.86. The summed E-state index contributed by atoms with van der Waals surface area (Å²) in [4.78, 5) is 17.4. The molecule has 0 atom stereocenters. The van der Waals surface area contributed by atoms with Crippen LogP contribution in [0.5, 0.6) is 0 Å². The van der Waals surface area contributed by atoms with Crippen molar-refractivity contribution < 1.29 is 13.2 Å². The van der Waals surface area contributed by atoms with E-state index in [4.69, 9.17) is 0 Å². The number of rotatable bonds is 6. The second-order valence-corrected chi connectivity index (χ2v) is 9.80. The van der Waals surface area contributed by atoms with E-state index in [1.807, 2.05) is 54.8 Å². The minimum Gasteiger partial charge on any atom is -0.298 e. The van der Waals surface area contributed by atoms with Crippen molar-refractivity contribution in [1.82, 2.24) is 4.98 Å². The number of para-hydroxylation sites is 1. The molecule has 2 N–H and O–H groups in total. The number of hydrogen-bond donors (Lipinski definition) is 2. The molecule has 0 aliphatic heterocycles. The summed E-state index contributed by atoms with van der Waals surface area (Å²) in [5, 5.41) is 5.09. The molecule has 1 aromatic heterocycles. The number of carbonyl (C=O) groups is 1. The second kappa shape index (κ2) is 8.94. The summed E-state index contributed by atoms with van der Waals surface area (Å²) in [5.74, 6) is -0.413. The lowest BCUT2D eigenvalue weighted by atomic mass is 10.1. The predicted molar refractivity (Wildman–Crippen MR) is 129 cm³/mol. The van der Waals surface area contributed by atoms with Gasteiger partial charge in [-0.2, -0.15) is 0 Å². The third-order valence-electron chi connectivity index (χ3n) is 4.95. The number of aromatic nitrogens is 1. The van der Waals surface area contributed by atoms with Crippen LogP contribution < -0.4 is 10.0 Å². The van der Waals surface area contributed by atoms with Gasteiger partial charge in [0.05, 0.1) is 16.3 Å². The normalized spacial score (nSPS) is 11.2. The molecule has 1 amide bonds. The van der Waals surface area contributed by atoms with E-state index in [9.17, 15) is 13.2 Å². The Morgan fingerprint density at radius 1 is 0.906 bits per heavy atom. The molecule has 0 aliphatic rings. The maximum Gasteiger partial charge on any atom is 0.261 e. The van der Waals surface area contributed by atoms with Crippen LogP contribution in [0.15, 0.2) is 83.1 Å². The summed E-state index contributed by atoms with van der Waals surface area (Å²) in [7, 11) is -3.86. The lowest BCUT2D eigenvalue weighted by Gasteiger charge is -2.12. The number of anilines is 2. The van der Waals surface area contributed by atoms with Gasteiger partial charge in [0.25, 0.3) is 15.9 Å². The van der Waals surface area contributed by atoms with Crippen LogP contribution in [0.25, 0.3) is 11.3 Å². The highest BCUT2D eigenvalue weighted by molar-refractivity contribution is 7.92. The molecule has 4 rings (SSSR count). The van der Waals surface area contributed by atoms with Gasteiger partial charge >= 0.3 is 0 Å². The monoisotopic (exact) mass is 463 g/mol. The first-order chi connectivity index (χ1) is 15.3. The summed E-state index contributed by atoms with van der Waals surface area (Å²) in [5.41, 5.74) is 3.96. The Kier molecular flexibility index (Phi) is 6.07. The Labute approximate surface area is 191 Å². The van der Waals surface area contributed by atoms with Crippen LogP contribution in [-0.4, -0.2) is 19.3 Å². The number of nitrogens with one attached hydrogen (secondary N) is 2. The van der Waals surface area contributed by atoms with Gasteiger partial charge in [0.15, 0.2) is 5.13 Å². The van der Waals surface area contributed by atoms with Gasteiger partial charge in [0.1, 0.15) is 0 Å². The maximum absolute atomic E-state index is 12.9. The molecule has 6 nitrogen and oxygen atoms in total. The molecule has 0 fully saturated rings. The molecular weight excluding hydrogens is 442 g/mol. The van der Waals surface area contributed by atoms with Crippen LogP contribution in [0.3, 0.4) is 0 Å². The zero-order valence-corrected chi connectivity index (χ0v) is 19.1. The van der Waals surface area contributed by atoms with Crippen LogP contribution >= 0.6 is 11.3 Å². The van der Waals surface area contributed by atoms with Crippen LogP contribution in [0.2, 0.25) is 0 Å². The molecule has 0 unspecified atom stereocenters. The predicted octanol–water partition coefficient (Wildman–Crippen LogP) is 5.48. The van der Waals surface area contributed by atoms with Gasteiger partial charge in [-0.25, -0.2) is 13.4 Å². The van der Waals surface area contributed by atoms with Crippen molar-refractivity contribution in [1.29, 1.82) is 0 Å². The van der Waals surface area contributed by atoms with Gasteiger partial charge in [0, 0.05) is 16.5 Å². The number of hydrogen-bond acceptors (Lipinski definition) is 5. The summed E-state index contributed by atoms with van der Waals surface area (Å²) >= 11 is 1.31. The van der Waals surface area contributed by atoms with E-state index in [1.54, 1.807) is 25.1 Å². The van der Waals surface area contributed by atoms with Gasteiger partial charge in [-0.05, 0) is 43.2 Å². The quantitative estimate of drug-likeness (QED) is 0.396. The highest BCUT2D eigenvalue weighted by Crippen LogP contribution is 2.26. The highest BCUT2D eigenvalue weighted by Gasteiger charge is 2.19. The van der Waals surface area contributed by atoms with E-state index in [1.165, 1.54) is 23.5 Å². The SMILES string of the molecule is Cc1ccccc1NS(=O)(=O)c1ccc(C)c(C(=O)Nc2nc(-c3ccccc3)cs2)c1. The Bertz CT molecular complexity index is 1380. The van der Waals surface area contributed by atoms with Crippen molar-refractivity contribution in [3.63, 3.8) is 0 Å². The lowest BCUT2D eigenvalue weighted by Crippen LogP contribution is -2.17. The molecular formula is C24H21N3O3S2. The third-order valence-corrected chi connectivity index (χ3v) is 7.07. The molecule has 4 aromatic rings. The summed E-state index contributed by atoms with van der Waals surface area (Å²) < 4.78 is 28.4. The molecule has 8 heteroatoms. The van der Waals surface area contributed by atoms with Crippen LogP contribution in [0, 0.1) is 13.8 Å². The summed E-state index contributed by atoms with van der Waals surface area (Å²) in [6.45, 7) is 3.58. The Morgan fingerprint density at radius 3 is 2.38 bits per heavy atom. The minimum absolute atomic E-state index is 0.0145. The number of benzene rings is 3. The molecule has 1 heterocycles. The summed E-state index contributed by atoms with van der Waals surface area (Å²) in [6, 6.07) is 21.3. The van der Waals surface area contributed by atoms with Gasteiger partial charge < -0.3 is 0 Å². The molecule has 0 radical (unpaired) electrons. The number of thiazole rings is 1. The average Bonchev–Trinajstić information content (AvgIpc) is 3.24. The van der Waals surface area contributed by atoms with E-state index in [-0.39, 0.29) is 10.5 Å². The van der Waals surface area contributed by atoms with E-state index >= 15 is 0 Å². The van der Waals surface area contributed by atoms with Gasteiger partial charge in [0.2, 0.25) is 0 Å². The summed E-state index contributed by atoms with van der Waals surface area (Å²) in [6.07, 6.45) is 0. The van der Waals surface area contributed by atoms with E-state index in [2.05, 4.69) is 15.0 Å². The average molecular weight is 464 g/mol. The zero-order chi connectivity index (χ0) is 22.7.